The molecule has 3 aromatic rings. The third-order valence-electron chi connectivity index (χ3n) is 5.27. The predicted molar refractivity (Wildman–Crippen MR) is 94.4 cm³/mol. The van der Waals surface area contributed by atoms with Crippen LogP contribution >= 0.6 is 0 Å². The van der Waals surface area contributed by atoms with Crippen molar-refractivity contribution in [1.29, 1.82) is 0 Å². The molecule has 2 heterocycles. The van der Waals surface area contributed by atoms with Gasteiger partial charge in [-0.05, 0) is 56.0 Å². The highest BCUT2D eigenvalue weighted by Gasteiger charge is 2.40. The van der Waals surface area contributed by atoms with Gasteiger partial charge in [0.1, 0.15) is 5.75 Å². The summed E-state index contributed by atoms with van der Waals surface area (Å²) in [6.45, 7) is 0. The molecule has 2 saturated carbocycles. The Morgan fingerprint density at radius 1 is 1.04 bits per heavy atom. The molecular formula is C20H18F3N3O. The number of hydrogen-bond donors (Lipinski definition) is 0. The Hall–Kier alpha value is -2.57. The van der Waals surface area contributed by atoms with E-state index in [0.717, 1.165) is 25.7 Å². The number of fused-ring (bicyclic) bond motifs is 1. The molecule has 0 unspecified atom stereocenters. The van der Waals surface area contributed by atoms with Gasteiger partial charge in [0.05, 0.1) is 29.4 Å². The number of halogens is 3. The molecule has 2 fully saturated rings. The average molecular weight is 373 g/mol. The zero-order valence-electron chi connectivity index (χ0n) is 14.8. The number of aromatic nitrogens is 3. The van der Waals surface area contributed by atoms with Gasteiger partial charge >= 0.3 is 6.18 Å². The third kappa shape index (κ3) is 2.85. The first kappa shape index (κ1) is 16.6. The van der Waals surface area contributed by atoms with E-state index in [1.54, 1.807) is 36.1 Å². The first-order valence-corrected chi connectivity index (χ1v) is 9.11. The molecule has 27 heavy (non-hydrogen) atoms. The molecule has 140 valence electrons. The zero-order valence-corrected chi connectivity index (χ0v) is 14.8. The van der Waals surface area contributed by atoms with E-state index in [-0.39, 0.29) is 17.2 Å². The van der Waals surface area contributed by atoms with Crippen molar-refractivity contribution in [1.82, 2.24) is 14.8 Å². The van der Waals surface area contributed by atoms with Crippen molar-refractivity contribution in [2.24, 2.45) is 0 Å². The predicted octanol–water partition coefficient (Wildman–Crippen LogP) is 5.20. The maximum atomic E-state index is 13.9. The molecule has 0 aliphatic heterocycles. The first-order chi connectivity index (χ1) is 13.0. The maximum absolute atomic E-state index is 13.9. The molecule has 0 saturated heterocycles. The van der Waals surface area contributed by atoms with Gasteiger partial charge in [0.2, 0.25) is 0 Å². The molecule has 0 bridgehead atoms. The van der Waals surface area contributed by atoms with E-state index >= 15 is 0 Å². The van der Waals surface area contributed by atoms with Crippen molar-refractivity contribution in [3.8, 4) is 11.4 Å². The quantitative estimate of drug-likeness (QED) is 0.631. The van der Waals surface area contributed by atoms with Gasteiger partial charge in [-0.1, -0.05) is 0 Å². The number of methoxy groups -OCH3 is 1. The number of pyridine rings is 1. The van der Waals surface area contributed by atoms with Crippen LogP contribution in [0.2, 0.25) is 0 Å². The SMILES string of the molecule is COc1ccc(-n2nc(C3CC3)c3c(C(F)(F)F)cc(C4CC4)nc32)cc1. The minimum Gasteiger partial charge on any atom is -0.497 e. The lowest BCUT2D eigenvalue weighted by atomic mass is 10.1. The summed E-state index contributed by atoms with van der Waals surface area (Å²) in [6.07, 6.45) is -0.904. The molecule has 5 rings (SSSR count). The smallest absolute Gasteiger partial charge is 0.417 e. The molecule has 0 N–H and O–H groups in total. The number of rotatable bonds is 4. The molecule has 4 nitrogen and oxygen atoms in total. The minimum absolute atomic E-state index is 0.0849. The van der Waals surface area contributed by atoms with E-state index in [2.05, 4.69) is 10.1 Å². The summed E-state index contributed by atoms with van der Waals surface area (Å²) in [5.41, 5.74) is 1.42. The van der Waals surface area contributed by atoms with E-state index in [9.17, 15) is 13.2 Å². The fourth-order valence-electron chi connectivity index (χ4n) is 3.52. The van der Waals surface area contributed by atoms with E-state index in [4.69, 9.17) is 4.74 Å². The standard InChI is InChI=1S/C20H18F3N3O/c1-27-14-8-6-13(7-9-14)26-19-17(18(25-26)12-4-5-12)15(20(21,22)23)10-16(24-19)11-2-3-11/h6-12H,2-5H2,1H3. The topological polar surface area (TPSA) is 39.9 Å². The van der Waals surface area contributed by atoms with Crippen molar-refractivity contribution >= 4 is 11.0 Å². The summed E-state index contributed by atoms with van der Waals surface area (Å²) in [5, 5.41) is 4.74. The highest BCUT2D eigenvalue weighted by molar-refractivity contribution is 5.85. The van der Waals surface area contributed by atoms with Crippen LogP contribution in [0.3, 0.4) is 0 Å². The van der Waals surface area contributed by atoms with Gasteiger partial charge in [0, 0.05) is 17.5 Å². The van der Waals surface area contributed by atoms with Crippen LogP contribution < -0.4 is 4.74 Å². The van der Waals surface area contributed by atoms with E-state index < -0.39 is 11.7 Å². The lowest BCUT2D eigenvalue weighted by Crippen LogP contribution is -2.09. The lowest BCUT2D eigenvalue weighted by Gasteiger charge is -2.11. The summed E-state index contributed by atoms with van der Waals surface area (Å²) in [6, 6.07) is 8.37. The summed E-state index contributed by atoms with van der Waals surface area (Å²) < 4.78 is 48.4. The number of hydrogen-bond acceptors (Lipinski definition) is 3. The Labute approximate surface area is 154 Å². The van der Waals surface area contributed by atoms with Gasteiger partial charge in [-0.2, -0.15) is 18.3 Å². The molecule has 0 spiro atoms. The Morgan fingerprint density at radius 3 is 2.26 bits per heavy atom. The van der Waals surface area contributed by atoms with Gasteiger partial charge < -0.3 is 4.74 Å². The van der Waals surface area contributed by atoms with Gasteiger partial charge in [-0.15, -0.1) is 0 Å². The second-order valence-corrected chi connectivity index (χ2v) is 7.33. The lowest BCUT2D eigenvalue weighted by molar-refractivity contribution is -0.136. The monoisotopic (exact) mass is 373 g/mol. The highest BCUT2D eigenvalue weighted by Crippen LogP contribution is 2.48. The van der Waals surface area contributed by atoms with Crippen LogP contribution in [0, 0.1) is 0 Å². The van der Waals surface area contributed by atoms with Crippen LogP contribution in [0.1, 0.15) is 54.5 Å². The third-order valence-corrected chi connectivity index (χ3v) is 5.27. The van der Waals surface area contributed by atoms with Gasteiger partial charge in [0.15, 0.2) is 5.65 Å². The van der Waals surface area contributed by atoms with Crippen LogP contribution in [-0.4, -0.2) is 21.9 Å². The van der Waals surface area contributed by atoms with Gasteiger partial charge in [0.25, 0.3) is 0 Å². The van der Waals surface area contributed by atoms with Crippen LogP contribution in [0.4, 0.5) is 13.2 Å². The molecule has 0 radical (unpaired) electrons. The van der Waals surface area contributed by atoms with Crippen molar-refractivity contribution in [3.05, 3.63) is 47.3 Å². The Morgan fingerprint density at radius 2 is 1.70 bits per heavy atom. The van der Waals surface area contributed by atoms with Crippen molar-refractivity contribution in [2.75, 3.05) is 7.11 Å². The van der Waals surface area contributed by atoms with Gasteiger partial charge in [-0.25, -0.2) is 9.67 Å². The minimum atomic E-state index is -4.43. The highest BCUT2D eigenvalue weighted by atomic mass is 19.4. The Bertz CT molecular complexity index is 1020. The maximum Gasteiger partial charge on any atom is 0.417 e. The molecule has 2 aliphatic carbocycles. The summed E-state index contributed by atoms with van der Waals surface area (Å²) >= 11 is 0. The van der Waals surface area contributed by atoms with Crippen LogP contribution in [0.5, 0.6) is 5.75 Å². The first-order valence-electron chi connectivity index (χ1n) is 9.11. The van der Waals surface area contributed by atoms with Crippen LogP contribution in [0.15, 0.2) is 30.3 Å². The Balaban J connectivity index is 1.79. The average Bonchev–Trinajstić information content (AvgIpc) is 3.57. The van der Waals surface area contributed by atoms with E-state index in [0.29, 0.717) is 28.5 Å². The number of benzene rings is 1. The molecule has 2 aromatic heterocycles. The van der Waals surface area contributed by atoms with Gasteiger partial charge in [-0.3, -0.25) is 0 Å². The van der Waals surface area contributed by atoms with Crippen LogP contribution in [0.25, 0.3) is 16.7 Å². The molecule has 2 aliphatic rings. The Kier molecular flexibility index (Phi) is 3.51. The fraction of sp³-hybridized carbons (Fsp3) is 0.400. The van der Waals surface area contributed by atoms with E-state index in [1.807, 2.05) is 0 Å². The second kappa shape index (κ2) is 5.71. The van der Waals surface area contributed by atoms with Crippen molar-refractivity contribution in [3.63, 3.8) is 0 Å². The summed E-state index contributed by atoms with van der Waals surface area (Å²) in [4.78, 5) is 4.63. The van der Waals surface area contributed by atoms with Crippen molar-refractivity contribution < 1.29 is 17.9 Å². The second-order valence-electron chi connectivity index (χ2n) is 7.33. The fourth-order valence-corrected chi connectivity index (χ4v) is 3.52. The number of alkyl halides is 3. The number of ether oxygens (including phenoxy) is 1. The molecule has 0 amide bonds. The molecule has 0 atom stereocenters. The zero-order chi connectivity index (χ0) is 18.8. The molecule has 7 heteroatoms. The molecule has 1 aromatic carbocycles. The summed E-state index contributed by atoms with van der Waals surface area (Å²) in [5.74, 6) is 0.890. The largest absolute Gasteiger partial charge is 0.497 e. The number of nitrogens with zero attached hydrogens (tertiary/aromatic N) is 3. The van der Waals surface area contributed by atoms with Crippen LogP contribution in [-0.2, 0) is 6.18 Å². The summed E-state index contributed by atoms with van der Waals surface area (Å²) in [7, 11) is 1.57. The van der Waals surface area contributed by atoms with E-state index in [1.165, 1.54) is 6.07 Å². The van der Waals surface area contributed by atoms with Crippen molar-refractivity contribution in [2.45, 2.75) is 43.7 Å². The normalized spacial score (nSPS) is 17.5. The molecular weight excluding hydrogens is 355 g/mol.